The molecule has 9 heteroatoms. The lowest BCUT2D eigenvalue weighted by molar-refractivity contribution is -0.121. The van der Waals surface area contributed by atoms with Gasteiger partial charge in [0.25, 0.3) is 0 Å². The molecule has 0 bridgehead atoms. The van der Waals surface area contributed by atoms with Crippen molar-refractivity contribution in [2.45, 2.75) is 16.5 Å². The van der Waals surface area contributed by atoms with Gasteiger partial charge in [0, 0.05) is 21.9 Å². The maximum atomic E-state index is 12.0. The molecule has 1 aliphatic rings. The monoisotopic (exact) mass is 529 g/mol. The van der Waals surface area contributed by atoms with Gasteiger partial charge in [0.2, 0.25) is 5.91 Å². The van der Waals surface area contributed by atoms with Crippen LogP contribution in [0.25, 0.3) is 22.5 Å². The van der Waals surface area contributed by atoms with Gasteiger partial charge in [0.15, 0.2) is 5.16 Å². The van der Waals surface area contributed by atoms with Crippen LogP contribution < -0.4 is 15.2 Å². The van der Waals surface area contributed by atoms with Crippen molar-refractivity contribution in [1.82, 2.24) is 9.97 Å². The van der Waals surface area contributed by atoms with Crippen LogP contribution in [0, 0.1) is 5.92 Å². The summed E-state index contributed by atoms with van der Waals surface area (Å²) >= 11 is 14.6. The standard InChI is InChI=1S/C26H25Cl2N3O3S/c1-33-18-9-5-16(6-10-18)22-23(17-7-11-19(34-2)12-8-17)31-25(30-22)35-15-14-26(28)13-3-4-20(27)21(26)24(29)32/h3-13,21H,14-15H2,1-2H3,(H2,29,32)(H,30,31). The Morgan fingerprint density at radius 3 is 2.26 bits per heavy atom. The molecule has 1 amide bonds. The Labute approximate surface area is 218 Å². The Morgan fingerprint density at radius 2 is 1.69 bits per heavy atom. The molecule has 2 aromatic carbocycles. The van der Waals surface area contributed by atoms with Gasteiger partial charge in [-0.2, -0.15) is 0 Å². The van der Waals surface area contributed by atoms with Crippen LogP contribution >= 0.6 is 35.0 Å². The number of thioether (sulfide) groups is 1. The number of alkyl halides is 1. The summed E-state index contributed by atoms with van der Waals surface area (Å²) in [5.74, 6) is 0.836. The SMILES string of the molecule is COc1ccc(-c2nc(SCCC3(Cl)C=CC=C(Cl)C3C(N)=O)[nH]c2-c2ccc(OC)cc2)cc1. The van der Waals surface area contributed by atoms with Crippen LogP contribution in [-0.2, 0) is 4.79 Å². The summed E-state index contributed by atoms with van der Waals surface area (Å²) in [7, 11) is 3.28. The molecule has 0 radical (unpaired) electrons. The van der Waals surface area contributed by atoms with E-state index in [1.807, 2.05) is 48.5 Å². The fourth-order valence-electron chi connectivity index (χ4n) is 3.97. The normalized spacial score (nSPS) is 19.3. The lowest BCUT2D eigenvalue weighted by atomic mass is 9.84. The minimum Gasteiger partial charge on any atom is -0.497 e. The third-order valence-corrected chi connectivity index (χ3v) is 7.57. The lowest BCUT2D eigenvalue weighted by Gasteiger charge is -2.32. The van der Waals surface area contributed by atoms with E-state index < -0.39 is 16.7 Å². The number of nitrogens with zero attached hydrogens (tertiary/aromatic N) is 1. The van der Waals surface area contributed by atoms with Gasteiger partial charge in [-0.25, -0.2) is 4.98 Å². The van der Waals surface area contributed by atoms with Crippen LogP contribution in [0.4, 0.5) is 0 Å². The fourth-order valence-corrected chi connectivity index (χ4v) is 5.87. The number of carbonyl (C=O) groups is 1. The Morgan fingerprint density at radius 1 is 1.09 bits per heavy atom. The van der Waals surface area contributed by atoms with Crippen molar-refractivity contribution in [3.63, 3.8) is 0 Å². The first-order chi connectivity index (χ1) is 16.8. The van der Waals surface area contributed by atoms with Gasteiger partial charge in [0.1, 0.15) is 11.5 Å². The number of aromatic amines is 1. The van der Waals surface area contributed by atoms with E-state index in [4.69, 9.17) is 43.4 Å². The number of H-pyrrole nitrogens is 1. The summed E-state index contributed by atoms with van der Waals surface area (Å²) in [6.45, 7) is 0. The summed E-state index contributed by atoms with van der Waals surface area (Å²) in [6.07, 6.45) is 5.67. The van der Waals surface area contributed by atoms with Crippen LogP contribution in [0.1, 0.15) is 6.42 Å². The second kappa shape index (κ2) is 10.8. The van der Waals surface area contributed by atoms with E-state index in [1.165, 1.54) is 11.8 Å². The van der Waals surface area contributed by atoms with E-state index in [-0.39, 0.29) is 0 Å². The highest BCUT2D eigenvalue weighted by Crippen LogP contribution is 2.42. The third kappa shape index (κ3) is 5.53. The van der Waals surface area contributed by atoms with E-state index in [2.05, 4.69) is 4.98 Å². The quantitative estimate of drug-likeness (QED) is 0.261. The van der Waals surface area contributed by atoms with Gasteiger partial charge >= 0.3 is 0 Å². The molecule has 1 heterocycles. The molecule has 2 unspecified atom stereocenters. The zero-order valence-corrected chi connectivity index (χ0v) is 21.6. The fraction of sp³-hybridized carbons (Fsp3) is 0.231. The molecule has 1 aliphatic carbocycles. The first-order valence-electron chi connectivity index (χ1n) is 10.9. The molecule has 4 rings (SSSR count). The average Bonchev–Trinajstić information content (AvgIpc) is 3.28. The maximum Gasteiger partial charge on any atom is 0.228 e. The predicted molar refractivity (Wildman–Crippen MR) is 142 cm³/mol. The minimum absolute atomic E-state index is 0.349. The molecule has 2 atom stereocenters. The van der Waals surface area contributed by atoms with Gasteiger partial charge < -0.3 is 20.2 Å². The zero-order valence-electron chi connectivity index (χ0n) is 19.3. The van der Waals surface area contributed by atoms with Gasteiger partial charge in [-0.15, -0.1) is 11.6 Å². The molecule has 0 spiro atoms. The van der Waals surface area contributed by atoms with E-state index in [9.17, 15) is 4.79 Å². The number of methoxy groups -OCH3 is 2. The van der Waals surface area contributed by atoms with E-state index in [0.29, 0.717) is 17.2 Å². The van der Waals surface area contributed by atoms with Crippen molar-refractivity contribution < 1.29 is 14.3 Å². The molecular formula is C26H25Cl2N3O3S. The first-order valence-corrected chi connectivity index (χ1v) is 12.6. The molecule has 3 aromatic rings. The number of ether oxygens (including phenoxy) is 2. The summed E-state index contributed by atoms with van der Waals surface area (Å²) in [5.41, 5.74) is 9.22. The average molecular weight is 530 g/mol. The highest BCUT2D eigenvalue weighted by molar-refractivity contribution is 7.99. The van der Waals surface area contributed by atoms with E-state index in [0.717, 1.165) is 39.2 Å². The Balaban J connectivity index is 1.59. The smallest absolute Gasteiger partial charge is 0.228 e. The number of hydrogen-bond acceptors (Lipinski definition) is 5. The van der Waals surface area contributed by atoms with Crippen molar-refractivity contribution in [1.29, 1.82) is 0 Å². The van der Waals surface area contributed by atoms with Gasteiger partial charge in [-0.1, -0.05) is 35.5 Å². The van der Waals surface area contributed by atoms with Crippen molar-refractivity contribution in [3.05, 3.63) is 71.8 Å². The Hall–Kier alpha value is -2.87. The third-order valence-electron chi connectivity index (χ3n) is 5.82. The molecular weight excluding hydrogens is 505 g/mol. The highest BCUT2D eigenvalue weighted by Gasteiger charge is 2.41. The molecule has 1 aromatic heterocycles. The molecule has 182 valence electrons. The van der Waals surface area contributed by atoms with Gasteiger partial charge in [0.05, 0.1) is 36.4 Å². The summed E-state index contributed by atoms with van der Waals surface area (Å²) in [5, 5.41) is 1.08. The van der Waals surface area contributed by atoms with Gasteiger partial charge in [-0.3, -0.25) is 4.79 Å². The van der Waals surface area contributed by atoms with Crippen LogP contribution in [-0.4, -0.2) is 40.7 Å². The minimum atomic E-state index is -0.977. The second-order valence-electron chi connectivity index (χ2n) is 7.99. The number of primary amides is 1. The summed E-state index contributed by atoms with van der Waals surface area (Å²) < 4.78 is 10.6. The number of hydrogen-bond donors (Lipinski definition) is 2. The number of nitrogens with two attached hydrogens (primary N) is 1. The topological polar surface area (TPSA) is 90.2 Å². The number of rotatable bonds is 9. The summed E-state index contributed by atoms with van der Waals surface area (Å²) in [6, 6.07) is 15.6. The molecule has 0 fully saturated rings. The van der Waals surface area contributed by atoms with Crippen molar-refractivity contribution in [3.8, 4) is 34.0 Å². The van der Waals surface area contributed by atoms with Crippen LogP contribution in [0.2, 0.25) is 0 Å². The van der Waals surface area contributed by atoms with Crippen LogP contribution in [0.3, 0.4) is 0 Å². The Kier molecular flexibility index (Phi) is 7.79. The predicted octanol–water partition coefficient (Wildman–Crippen LogP) is 6.01. The number of imidazole rings is 1. The van der Waals surface area contributed by atoms with Crippen molar-refractivity contribution in [2.24, 2.45) is 11.7 Å². The number of aromatic nitrogens is 2. The lowest BCUT2D eigenvalue weighted by Crippen LogP contribution is -2.41. The molecule has 0 saturated carbocycles. The molecule has 0 aliphatic heterocycles. The number of carbonyl (C=O) groups excluding carboxylic acids is 1. The van der Waals surface area contributed by atoms with E-state index >= 15 is 0 Å². The molecule has 6 nitrogen and oxygen atoms in total. The molecule has 35 heavy (non-hydrogen) atoms. The maximum absolute atomic E-state index is 12.0. The van der Waals surface area contributed by atoms with Crippen LogP contribution in [0.5, 0.6) is 11.5 Å². The summed E-state index contributed by atoms with van der Waals surface area (Å²) in [4.78, 5) is 19.3. The number of amides is 1. The molecule has 3 N–H and O–H groups in total. The number of benzene rings is 2. The number of nitrogens with one attached hydrogen (secondary N) is 1. The highest BCUT2D eigenvalue weighted by atomic mass is 35.5. The first kappa shape index (κ1) is 25.2. The van der Waals surface area contributed by atoms with Crippen molar-refractivity contribution >= 4 is 40.9 Å². The zero-order chi connectivity index (χ0) is 25.0. The molecule has 0 saturated heterocycles. The number of allylic oxidation sites excluding steroid dienone is 3. The number of halogens is 2. The van der Waals surface area contributed by atoms with Gasteiger partial charge in [-0.05, 0) is 61.0 Å². The van der Waals surface area contributed by atoms with Crippen LogP contribution in [0.15, 0.2) is 76.9 Å². The van der Waals surface area contributed by atoms with E-state index in [1.54, 1.807) is 32.4 Å². The second-order valence-corrected chi connectivity index (χ2v) is 10.2. The van der Waals surface area contributed by atoms with Crippen molar-refractivity contribution in [2.75, 3.05) is 20.0 Å². The largest absolute Gasteiger partial charge is 0.497 e. The Bertz CT molecular complexity index is 1190.